The molecule has 1 heterocycles. The van der Waals surface area contributed by atoms with Crippen LogP contribution >= 0.6 is 11.6 Å². The second kappa shape index (κ2) is 7.26. The summed E-state index contributed by atoms with van der Waals surface area (Å²) in [4.78, 5) is 2.51. The zero-order valence-electron chi connectivity index (χ0n) is 9.88. The van der Waals surface area contributed by atoms with Gasteiger partial charge >= 0.3 is 0 Å². The van der Waals surface area contributed by atoms with Crippen LogP contribution in [0.1, 0.15) is 26.7 Å². The molecule has 1 fully saturated rings. The van der Waals surface area contributed by atoms with Gasteiger partial charge in [-0.25, -0.2) is 0 Å². The van der Waals surface area contributed by atoms with Crippen molar-refractivity contribution in [1.29, 1.82) is 0 Å². The lowest BCUT2D eigenvalue weighted by Crippen LogP contribution is -2.39. The van der Waals surface area contributed by atoms with Crippen molar-refractivity contribution in [3.8, 4) is 0 Å². The van der Waals surface area contributed by atoms with Gasteiger partial charge in [-0.2, -0.15) is 0 Å². The average Bonchev–Trinajstić information content (AvgIpc) is 2.62. The van der Waals surface area contributed by atoms with Crippen molar-refractivity contribution in [3.05, 3.63) is 11.6 Å². The quantitative estimate of drug-likeness (QED) is 0.754. The molecule has 1 unspecified atom stereocenters. The van der Waals surface area contributed by atoms with Gasteiger partial charge in [0.15, 0.2) is 0 Å². The van der Waals surface area contributed by atoms with Gasteiger partial charge in [0.05, 0.1) is 0 Å². The maximum atomic E-state index is 5.55. The summed E-state index contributed by atoms with van der Waals surface area (Å²) in [5, 5.41) is 3.53. The normalized spacial score (nSPS) is 23.3. The molecular weight excluding hydrogens is 208 g/mol. The molecule has 1 N–H and O–H groups in total. The van der Waals surface area contributed by atoms with Crippen LogP contribution in [-0.4, -0.2) is 37.1 Å². The highest BCUT2D eigenvalue weighted by atomic mass is 35.5. The molecule has 2 nitrogen and oxygen atoms in total. The Morgan fingerprint density at radius 3 is 3.00 bits per heavy atom. The maximum Gasteiger partial charge on any atom is 0.0224 e. The summed E-state index contributed by atoms with van der Waals surface area (Å²) in [6, 6.07) is 0.705. The number of hydrogen-bond acceptors (Lipinski definition) is 2. The SMILES string of the molecule is CC(C)CNCC1CCCN1C/C=C/Cl. The lowest BCUT2D eigenvalue weighted by atomic mass is 10.2. The Kier molecular flexibility index (Phi) is 6.30. The van der Waals surface area contributed by atoms with Crippen molar-refractivity contribution >= 4 is 11.6 Å². The largest absolute Gasteiger partial charge is 0.315 e. The molecule has 0 saturated carbocycles. The topological polar surface area (TPSA) is 15.3 Å². The third-order valence-corrected chi connectivity index (χ3v) is 3.04. The highest BCUT2D eigenvalue weighted by Crippen LogP contribution is 2.16. The fourth-order valence-electron chi connectivity index (χ4n) is 2.08. The Balaban J connectivity index is 2.20. The first kappa shape index (κ1) is 13.0. The summed E-state index contributed by atoms with van der Waals surface area (Å²) in [5.41, 5.74) is 1.62. The minimum Gasteiger partial charge on any atom is -0.315 e. The molecule has 0 bridgehead atoms. The number of nitrogens with one attached hydrogen (secondary N) is 1. The number of hydrogen-bond donors (Lipinski definition) is 1. The molecule has 0 aromatic heterocycles. The molecule has 0 aliphatic carbocycles. The van der Waals surface area contributed by atoms with Gasteiger partial charge in [-0.05, 0) is 31.8 Å². The van der Waals surface area contributed by atoms with Crippen molar-refractivity contribution in [2.24, 2.45) is 5.92 Å². The second-order valence-corrected chi connectivity index (χ2v) is 4.96. The van der Waals surface area contributed by atoms with Crippen LogP contribution in [-0.2, 0) is 0 Å². The van der Waals surface area contributed by atoms with Crippen LogP contribution in [0.25, 0.3) is 0 Å². The van der Waals surface area contributed by atoms with Crippen molar-refractivity contribution in [2.75, 3.05) is 26.2 Å². The molecule has 0 aromatic carbocycles. The monoisotopic (exact) mass is 230 g/mol. The van der Waals surface area contributed by atoms with Gasteiger partial charge < -0.3 is 5.32 Å². The van der Waals surface area contributed by atoms with Crippen molar-refractivity contribution in [3.63, 3.8) is 0 Å². The lowest BCUT2D eigenvalue weighted by Gasteiger charge is -2.23. The second-order valence-electron chi connectivity index (χ2n) is 4.70. The highest BCUT2D eigenvalue weighted by molar-refractivity contribution is 6.25. The third-order valence-electron chi connectivity index (χ3n) is 2.86. The summed E-state index contributed by atoms with van der Waals surface area (Å²) in [6.45, 7) is 8.95. The van der Waals surface area contributed by atoms with E-state index in [1.807, 2.05) is 6.08 Å². The van der Waals surface area contributed by atoms with Crippen LogP contribution in [0.4, 0.5) is 0 Å². The first-order chi connectivity index (χ1) is 7.24. The van der Waals surface area contributed by atoms with E-state index in [0.717, 1.165) is 25.6 Å². The fraction of sp³-hybridized carbons (Fsp3) is 0.833. The van der Waals surface area contributed by atoms with E-state index in [1.54, 1.807) is 5.54 Å². The fourth-order valence-corrected chi connectivity index (χ4v) is 2.16. The van der Waals surface area contributed by atoms with E-state index in [1.165, 1.54) is 19.4 Å². The smallest absolute Gasteiger partial charge is 0.0224 e. The molecule has 0 aromatic rings. The molecule has 0 spiro atoms. The molecule has 1 saturated heterocycles. The zero-order chi connectivity index (χ0) is 11.1. The lowest BCUT2D eigenvalue weighted by molar-refractivity contribution is 0.270. The minimum atomic E-state index is 0.705. The molecule has 88 valence electrons. The molecule has 0 amide bonds. The summed E-state index contributed by atoms with van der Waals surface area (Å²) in [6.07, 6.45) is 4.67. The molecular formula is C12H23ClN2. The maximum absolute atomic E-state index is 5.55. The summed E-state index contributed by atoms with van der Waals surface area (Å²) in [5.74, 6) is 0.739. The summed E-state index contributed by atoms with van der Waals surface area (Å²) >= 11 is 5.55. The molecule has 1 rings (SSSR count). The predicted octanol–water partition coefficient (Wildman–Crippen LogP) is 2.45. The van der Waals surface area contributed by atoms with Crippen molar-refractivity contribution in [1.82, 2.24) is 10.2 Å². The van der Waals surface area contributed by atoms with Crippen LogP contribution < -0.4 is 5.32 Å². The molecule has 1 aliphatic rings. The molecule has 1 atom stereocenters. The minimum absolute atomic E-state index is 0.705. The van der Waals surface area contributed by atoms with Crippen LogP contribution in [0, 0.1) is 5.92 Å². The van der Waals surface area contributed by atoms with Gasteiger partial charge in [0, 0.05) is 24.7 Å². The molecule has 1 aliphatic heterocycles. The van der Waals surface area contributed by atoms with Gasteiger partial charge in [-0.3, -0.25) is 4.90 Å². The first-order valence-corrected chi connectivity index (χ1v) is 6.37. The number of likely N-dealkylation sites (tertiary alicyclic amines) is 1. The standard InChI is InChI=1S/C12H23ClN2/c1-11(2)9-14-10-12-5-3-7-15(12)8-4-6-13/h4,6,11-12,14H,3,5,7-10H2,1-2H3/b6-4+. The van der Waals surface area contributed by atoms with Gasteiger partial charge in [-0.15, -0.1) is 0 Å². The van der Waals surface area contributed by atoms with Gasteiger partial charge in [0.1, 0.15) is 0 Å². The van der Waals surface area contributed by atoms with E-state index in [2.05, 4.69) is 24.1 Å². The Morgan fingerprint density at radius 1 is 1.53 bits per heavy atom. The molecule has 0 radical (unpaired) electrons. The van der Waals surface area contributed by atoms with E-state index in [-0.39, 0.29) is 0 Å². The van der Waals surface area contributed by atoms with E-state index in [0.29, 0.717) is 6.04 Å². The van der Waals surface area contributed by atoms with Crippen LogP contribution in [0.3, 0.4) is 0 Å². The number of nitrogens with zero attached hydrogens (tertiary/aromatic N) is 1. The van der Waals surface area contributed by atoms with Crippen molar-refractivity contribution < 1.29 is 0 Å². The molecule has 15 heavy (non-hydrogen) atoms. The Labute approximate surface area is 98.7 Å². The first-order valence-electron chi connectivity index (χ1n) is 5.94. The Morgan fingerprint density at radius 2 is 2.33 bits per heavy atom. The van der Waals surface area contributed by atoms with E-state index in [9.17, 15) is 0 Å². The zero-order valence-corrected chi connectivity index (χ0v) is 10.6. The van der Waals surface area contributed by atoms with Gasteiger partial charge in [0.25, 0.3) is 0 Å². The van der Waals surface area contributed by atoms with E-state index in [4.69, 9.17) is 11.6 Å². The highest BCUT2D eigenvalue weighted by Gasteiger charge is 2.22. The summed E-state index contributed by atoms with van der Waals surface area (Å²) in [7, 11) is 0. The van der Waals surface area contributed by atoms with E-state index >= 15 is 0 Å². The Hall–Kier alpha value is -0.0500. The summed E-state index contributed by atoms with van der Waals surface area (Å²) < 4.78 is 0. The van der Waals surface area contributed by atoms with Crippen molar-refractivity contribution in [2.45, 2.75) is 32.7 Å². The van der Waals surface area contributed by atoms with Crippen LogP contribution in [0.2, 0.25) is 0 Å². The predicted molar refractivity (Wildman–Crippen MR) is 67.3 cm³/mol. The van der Waals surface area contributed by atoms with Crippen LogP contribution in [0.15, 0.2) is 11.6 Å². The molecule has 3 heteroatoms. The number of halogens is 1. The number of rotatable bonds is 6. The van der Waals surface area contributed by atoms with Crippen LogP contribution in [0.5, 0.6) is 0 Å². The van der Waals surface area contributed by atoms with E-state index < -0.39 is 0 Å². The average molecular weight is 231 g/mol. The Bertz CT molecular complexity index is 192. The van der Waals surface area contributed by atoms with Gasteiger partial charge in [-0.1, -0.05) is 31.5 Å². The third kappa shape index (κ3) is 5.01. The van der Waals surface area contributed by atoms with Gasteiger partial charge in [0.2, 0.25) is 0 Å².